The lowest BCUT2D eigenvalue weighted by atomic mass is 10.2. The first-order chi connectivity index (χ1) is 9.24. The van der Waals surface area contributed by atoms with E-state index in [4.69, 9.17) is 0 Å². The van der Waals surface area contributed by atoms with E-state index in [1.54, 1.807) is 18.2 Å². The van der Waals surface area contributed by atoms with E-state index < -0.39 is 0 Å². The smallest absolute Gasteiger partial charge is 0.244 e. The topological polar surface area (TPSA) is 32.3 Å². The molecule has 1 amide bonds. The normalized spacial score (nSPS) is 16.1. The van der Waals surface area contributed by atoms with Crippen molar-refractivity contribution in [3.8, 4) is 0 Å². The van der Waals surface area contributed by atoms with Crippen LogP contribution < -0.4 is 5.32 Å². The number of rotatable bonds is 5. The lowest BCUT2D eigenvalue weighted by Gasteiger charge is -2.13. The number of halogens is 1. The van der Waals surface area contributed by atoms with E-state index in [1.807, 2.05) is 0 Å². The van der Waals surface area contributed by atoms with Crippen molar-refractivity contribution in [2.24, 2.45) is 0 Å². The molecule has 1 N–H and O–H groups in total. The SMILES string of the molecule is O=C(/C=C/c1ccc(F)cc1)NCCN1CCCC1. The molecule has 2 rings (SSSR count). The summed E-state index contributed by atoms with van der Waals surface area (Å²) in [4.78, 5) is 13.9. The molecule has 0 spiro atoms. The van der Waals surface area contributed by atoms with Gasteiger partial charge in [0, 0.05) is 19.2 Å². The predicted octanol–water partition coefficient (Wildman–Crippen LogP) is 2.05. The molecule has 19 heavy (non-hydrogen) atoms. The Morgan fingerprint density at radius 1 is 1.26 bits per heavy atom. The van der Waals surface area contributed by atoms with Crippen molar-refractivity contribution in [1.29, 1.82) is 0 Å². The second-order valence-electron chi connectivity index (χ2n) is 4.72. The summed E-state index contributed by atoms with van der Waals surface area (Å²) in [7, 11) is 0. The first kappa shape index (κ1) is 13.7. The maximum Gasteiger partial charge on any atom is 0.244 e. The van der Waals surface area contributed by atoms with Crippen LogP contribution in [0.1, 0.15) is 18.4 Å². The molecule has 1 aliphatic rings. The predicted molar refractivity (Wildman–Crippen MR) is 74.1 cm³/mol. The van der Waals surface area contributed by atoms with E-state index in [2.05, 4.69) is 10.2 Å². The van der Waals surface area contributed by atoms with Gasteiger partial charge in [0.25, 0.3) is 0 Å². The van der Waals surface area contributed by atoms with Crippen molar-refractivity contribution in [3.05, 3.63) is 41.7 Å². The van der Waals surface area contributed by atoms with Crippen molar-refractivity contribution >= 4 is 12.0 Å². The van der Waals surface area contributed by atoms with Crippen molar-refractivity contribution < 1.29 is 9.18 Å². The largest absolute Gasteiger partial charge is 0.351 e. The first-order valence-electron chi connectivity index (χ1n) is 6.68. The Bertz CT molecular complexity index is 436. The molecule has 1 saturated heterocycles. The van der Waals surface area contributed by atoms with Gasteiger partial charge in [-0.05, 0) is 49.7 Å². The molecule has 0 saturated carbocycles. The van der Waals surface area contributed by atoms with Crippen molar-refractivity contribution in [2.45, 2.75) is 12.8 Å². The minimum absolute atomic E-state index is 0.108. The van der Waals surface area contributed by atoms with E-state index in [9.17, 15) is 9.18 Å². The summed E-state index contributed by atoms with van der Waals surface area (Å²) in [6.45, 7) is 3.87. The Balaban J connectivity index is 1.69. The Kier molecular flexibility index (Phi) is 5.10. The van der Waals surface area contributed by atoms with Crippen LogP contribution in [0.3, 0.4) is 0 Å². The zero-order valence-electron chi connectivity index (χ0n) is 10.9. The molecule has 1 fully saturated rings. The maximum atomic E-state index is 12.7. The molecule has 0 bridgehead atoms. The van der Waals surface area contributed by atoms with Gasteiger partial charge in [-0.2, -0.15) is 0 Å². The van der Waals surface area contributed by atoms with Crippen LogP contribution in [-0.4, -0.2) is 37.0 Å². The maximum absolute atomic E-state index is 12.7. The van der Waals surface area contributed by atoms with Crippen LogP contribution in [0.4, 0.5) is 4.39 Å². The Morgan fingerprint density at radius 2 is 1.95 bits per heavy atom. The van der Waals surface area contributed by atoms with Crippen molar-refractivity contribution in [1.82, 2.24) is 10.2 Å². The number of nitrogens with one attached hydrogen (secondary N) is 1. The number of hydrogen-bond donors (Lipinski definition) is 1. The van der Waals surface area contributed by atoms with Gasteiger partial charge in [0.1, 0.15) is 5.82 Å². The van der Waals surface area contributed by atoms with Crippen LogP contribution in [0.15, 0.2) is 30.3 Å². The van der Waals surface area contributed by atoms with E-state index in [-0.39, 0.29) is 11.7 Å². The fourth-order valence-corrected chi connectivity index (χ4v) is 2.15. The van der Waals surface area contributed by atoms with Gasteiger partial charge in [0.15, 0.2) is 0 Å². The Hall–Kier alpha value is -1.68. The average Bonchev–Trinajstić information content (AvgIpc) is 2.91. The molecule has 1 aromatic carbocycles. The minimum atomic E-state index is -0.271. The van der Waals surface area contributed by atoms with Gasteiger partial charge in [-0.1, -0.05) is 12.1 Å². The number of amides is 1. The van der Waals surface area contributed by atoms with E-state index in [1.165, 1.54) is 31.1 Å². The number of likely N-dealkylation sites (tertiary alicyclic amines) is 1. The van der Waals surface area contributed by atoms with Gasteiger partial charge >= 0.3 is 0 Å². The third-order valence-electron chi connectivity index (χ3n) is 3.22. The zero-order chi connectivity index (χ0) is 13.5. The third kappa shape index (κ3) is 4.83. The second-order valence-corrected chi connectivity index (χ2v) is 4.72. The molecule has 0 aliphatic carbocycles. The summed E-state index contributed by atoms with van der Waals surface area (Å²) in [6, 6.07) is 6.04. The standard InChI is InChI=1S/C15H19FN2O/c16-14-6-3-13(4-7-14)5-8-15(19)17-9-12-18-10-1-2-11-18/h3-8H,1-2,9-12H2,(H,17,19)/b8-5+. The van der Waals surface area contributed by atoms with E-state index in [0.29, 0.717) is 6.54 Å². The summed E-state index contributed by atoms with van der Waals surface area (Å²) in [5.74, 6) is -0.379. The van der Waals surface area contributed by atoms with Crippen LogP contribution in [-0.2, 0) is 4.79 Å². The third-order valence-corrected chi connectivity index (χ3v) is 3.22. The minimum Gasteiger partial charge on any atom is -0.351 e. The van der Waals surface area contributed by atoms with Crippen LogP contribution in [0.2, 0.25) is 0 Å². The molecule has 1 aromatic rings. The Morgan fingerprint density at radius 3 is 2.63 bits per heavy atom. The molecule has 4 heteroatoms. The number of benzene rings is 1. The fourth-order valence-electron chi connectivity index (χ4n) is 2.15. The summed E-state index contributed by atoms with van der Waals surface area (Å²) in [6.07, 6.45) is 5.69. The van der Waals surface area contributed by atoms with Gasteiger partial charge < -0.3 is 10.2 Å². The zero-order valence-corrected chi connectivity index (χ0v) is 10.9. The second kappa shape index (κ2) is 7.04. The number of nitrogens with zero attached hydrogens (tertiary/aromatic N) is 1. The molecule has 0 aromatic heterocycles. The highest BCUT2D eigenvalue weighted by atomic mass is 19.1. The number of carbonyl (C=O) groups is 1. The van der Waals surface area contributed by atoms with Gasteiger partial charge in [-0.25, -0.2) is 4.39 Å². The molecule has 0 atom stereocenters. The van der Waals surface area contributed by atoms with Crippen LogP contribution in [0, 0.1) is 5.82 Å². The molecule has 0 radical (unpaired) electrons. The van der Waals surface area contributed by atoms with Crippen LogP contribution in [0.5, 0.6) is 0 Å². The van der Waals surface area contributed by atoms with Gasteiger partial charge in [0.2, 0.25) is 5.91 Å². The number of carbonyl (C=O) groups excluding carboxylic acids is 1. The highest BCUT2D eigenvalue weighted by molar-refractivity contribution is 5.91. The monoisotopic (exact) mass is 262 g/mol. The first-order valence-corrected chi connectivity index (χ1v) is 6.68. The highest BCUT2D eigenvalue weighted by Crippen LogP contribution is 2.06. The quantitative estimate of drug-likeness (QED) is 0.824. The highest BCUT2D eigenvalue weighted by Gasteiger charge is 2.10. The van der Waals surface area contributed by atoms with Gasteiger partial charge in [-0.3, -0.25) is 4.79 Å². The van der Waals surface area contributed by atoms with Crippen molar-refractivity contribution in [2.75, 3.05) is 26.2 Å². The lowest BCUT2D eigenvalue weighted by Crippen LogP contribution is -2.32. The van der Waals surface area contributed by atoms with Crippen LogP contribution in [0.25, 0.3) is 6.08 Å². The van der Waals surface area contributed by atoms with Gasteiger partial charge in [-0.15, -0.1) is 0 Å². The fraction of sp³-hybridized carbons (Fsp3) is 0.400. The number of hydrogen-bond acceptors (Lipinski definition) is 2. The van der Waals surface area contributed by atoms with E-state index >= 15 is 0 Å². The molecule has 102 valence electrons. The average molecular weight is 262 g/mol. The summed E-state index contributed by atoms with van der Waals surface area (Å²) < 4.78 is 12.7. The molecular formula is C15H19FN2O. The van der Waals surface area contributed by atoms with Gasteiger partial charge in [0.05, 0.1) is 0 Å². The molecule has 1 aliphatic heterocycles. The Labute approximate surface area is 113 Å². The van der Waals surface area contributed by atoms with Crippen molar-refractivity contribution in [3.63, 3.8) is 0 Å². The van der Waals surface area contributed by atoms with E-state index in [0.717, 1.165) is 25.2 Å². The molecule has 0 unspecified atom stereocenters. The lowest BCUT2D eigenvalue weighted by molar-refractivity contribution is -0.116. The molecule has 3 nitrogen and oxygen atoms in total. The molecular weight excluding hydrogens is 243 g/mol. The summed E-state index contributed by atoms with van der Waals surface area (Å²) in [5.41, 5.74) is 0.816. The molecule has 1 heterocycles. The summed E-state index contributed by atoms with van der Waals surface area (Å²) in [5, 5.41) is 2.85. The van der Waals surface area contributed by atoms with Crippen LogP contribution >= 0.6 is 0 Å². The summed E-state index contributed by atoms with van der Waals surface area (Å²) >= 11 is 0.